The minimum Gasteiger partial charge on any atom is -0.385 e. The van der Waals surface area contributed by atoms with E-state index in [1.165, 1.54) is 0 Å². The smallest absolute Gasteiger partial charge is 0.326 e. The molecule has 2 amide bonds. The molecule has 2 aliphatic heterocycles. The van der Waals surface area contributed by atoms with Gasteiger partial charge < -0.3 is 24.8 Å². The third-order valence-electron chi connectivity index (χ3n) is 7.96. The number of amides is 2. The lowest BCUT2D eigenvalue weighted by atomic mass is 10.0. The van der Waals surface area contributed by atoms with Crippen LogP contribution in [0.15, 0.2) is 77.6 Å². The van der Waals surface area contributed by atoms with Crippen molar-refractivity contribution in [2.45, 2.75) is 31.5 Å². The number of carbonyl (C=O) groups excluding carboxylic acids is 2. The fourth-order valence-electron chi connectivity index (χ4n) is 5.98. The molecule has 3 heterocycles. The van der Waals surface area contributed by atoms with Gasteiger partial charge in [0.25, 0.3) is 11.8 Å². The number of piperidine rings is 1. The van der Waals surface area contributed by atoms with Crippen LogP contribution in [0.2, 0.25) is 0 Å². The van der Waals surface area contributed by atoms with Gasteiger partial charge in [0.15, 0.2) is 0 Å². The molecule has 1 atom stereocenters. The van der Waals surface area contributed by atoms with E-state index in [2.05, 4.69) is 10.3 Å². The molecule has 1 aromatic heterocycles. The molecular formula is C31H33N5O4. The van der Waals surface area contributed by atoms with Crippen LogP contribution in [0.4, 0.5) is 5.69 Å². The van der Waals surface area contributed by atoms with Crippen LogP contribution in [0.3, 0.4) is 0 Å². The Balaban J connectivity index is 1.16. The SMILES string of the molecule is COCCCN1C(=O)c2ccccc2C1Nc1cccc(C(=O)N2CCC(n3c(=O)[nH]c4ccccc43)CC2)c1. The first-order valence-corrected chi connectivity index (χ1v) is 13.8. The summed E-state index contributed by atoms with van der Waals surface area (Å²) in [5, 5.41) is 3.50. The van der Waals surface area contributed by atoms with Crippen molar-refractivity contribution >= 4 is 28.5 Å². The van der Waals surface area contributed by atoms with E-state index < -0.39 is 0 Å². The van der Waals surface area contributed by atoms with Gasteiger partial charge in [-0.25, -0.2) is 4.79 Å². The molecule has 0 aliphatic carbocycles. The summed E-state index contributed by atoms with van der Waals surface area (Å²) in [4.78, 5) is 45.9. The Kier molecular flexibility index (Phi) is 7.13. The highest BCUT2D eigenvalue weighted by molar-refractivity contribution is 5.99. The third kappa shape index (κ3) is 4.77. The molecule has 0 spiro atoms. The van der Waals surface area contributed by atoms with Crippen LogP contribution >= 0.6 is 0 Å². The van der Waals surface area contributed by atoms with Gasteiger partial charge in [0.1, 0.15) is 6.17 Å². The maximum Gasteiger partial charge on any atom is 0.326 e. The van der Waals surface area contributed by atoms with Crippen LogP contribution in [-0.2, 0) is 4.74 Å². The Morgan fingerprint density at radius 3 is 2.60 bits per heavy atom. The van der Waals surface area contributed by atoms with Gasteiger partial charge in [-0.1, -0.05) is 36.4 Å². The van der Waals surface area contributed by atoms with Gasteiger partial charge in [-0.15, -0.1) is 0 Å². The average molecular weight is 540 g/mol. The first-order valence-electron chi connectivity index (χ1n) is 13.8. The predicted molar refractivity (Wildman–Crippen MR) is 154 cm³/mol. The second-order valence-corrected chi connectivity index (χ2v) is 10.4. The number of likely N-dealkylation sites (tertiary alicyclic amines) is 1. The lowest BCUT2D eigenvalue weighted by molar-refractivity contribution is 0.0692. The van der Waals surface area contributed by atoms with E-state index in [4.69, 9.17) is 4.74 Å². The van der Waals surface area contributed by atoms with Crippen LogP contribution in [0, 0.1) is 0 Å². The van der Waals surface area contributed by atoms with Crippen molar-refractivity contribution in [3.8, 4) is 0 Å². The summed E-state index contributed by atoms with van der Waals surface area (Å²) in [6.07, 6.45) is 1.83. The highest BCUT2D eigenvalue weighted by Crippen LogP contribution is 2.35. The molecule has 2 N–H and O–H groups in total. The van der Waals surface area contributed by atoms with Crippen LogP contribution < -0.4 is 11.0 Å². The minimum atomic E-state index is -0.323. The van der Waals surface area contributed by atoms with Gasteiger partial charge >= 0.3 is 5.69 Å². The van der Waals surface area contributed by atoms with Crippen molar-refractivity contribution in [3.63, 3.8) is 0 Å². The lowest BCUT2D eigenvalue weighted by Crippen LogP contribution is -2.40. The molecule has 1 saturated heterocycles. The first-order chi connectivity index (χ1) is 19.5. The molecule has 2 aliphatic rings. The highest BCUT2D eigenvalue weighted by atomic mass is 16.5. The van der Waals surface area contributed by atoms with Crippen LogP contribution in [0.1, 0.15) is 57.7 Å². The quantitative estimate of drug-likeness (QED) is 0.323. The number of methoxy groups -OCH3 is 1. The molecule has 4 aromatic rings. The number of carbonyl (C=O) groups is 2. The highest BCUT2D eigenvalue weighted by Gasteiger charge is 2.36. The van der Waals surface area contributed by atoms with E-state index in [0.29, 0.717) is 50.2 Å². The maximum absolute atomic E-state index is 13.5. The number of fused-ring (bicyclic) bond motifs is 2. The van der Waals surface area contributed by atoms with Crippen molar-refractivity contribution in [3.05, 3.63) is 100.0 Å². The van der Waals surface area contributed by atoms with Gasteiger partial charge in [-0.2, -0.15) is 0 Å². The summed E-state index contributed by atoms with van der Waals surface area (Å²) in [6, 6.07) is 22.9. The van der Waals surface area contributed by atoms with Gasteiger partial charge in [0, 0.05) is 61.8 Å². The van der Waals surface area contributed by atoms with Crippen LogP contribution in [0.5, 0.6) is 0 Å². The molecule has 0 bridgehead atoms. The van der Waals surface area contributed by atoms with Gasteiger partial charge in [-0.3, -0.25) is 14.2 Å². The summed E-state index contributed by atoms with van der Waals surface area (Å²) < 4.78 is 7.03. The topological polar surface area (TPSA) is 99.7 Å². The molecule has 6 rings (SSSR count). The van der Waals surface area contributed by atoms with Crippen LogP contribution in [0.25, 0.3) is 11.0 Å². The van der Waals surface area contributed by atoms with Crippen molar-refractivity contribution in [1.82, 2.24) is 19.4 Å². The molecule has 9 nitrogen and oxygen atoms in total. The second-order valence-electron chi connectivity index (χ2n) is 10.4. The summed E-state index contributed by atoms with van der Waals surface area (Å²) in [5.41, 5.74) is 4.62. The minimum absolute atomic E-state index is 0.00591. The molecule has 1 fully saturated rings. The van der Waals surface area contributed by atoms with E-state index in [0.717, 1.165) is 28.7 Å². The molecule has 0 radical (unpaired) electrons. The lowest BCUT2D eigenvalue weighted by Gasteiger charge is -2.33. The molecule has 0 saturated carbocycles. The normalized spacial score (nSPS) is 17.4. The van der Waals surface area contributed by atoms with Crippen molar-refractivity contribution in [1.29, 1.82) is 0 Å². The number of H-pyrrole nitrogens is 1. The number of imidazole rings is 1. The standard InChI is InChI=1S/C31H33N5O4/c1-40-19-7-16-35-28(24-10-2-3-11-25(24)30(35)38)32-22-9-6-8-21(20-22)29(37)34-17-14-23(15-18-34)36-27-13-5-4-12-26(27)33-31(36)39/h2-6,8-13,20,23,28,32H,7,14-19H2,1H3,(H,33,39). The Labute approximate surface area is 232 Å². The Bertz CT molecular complexity index is 1600. The monoisotopic (exact) mass is 539 g/mol. The van der Waals surface area contributed by atoms with Crippen molar-refractivity contribution in [2.75, 3.05) is 38.7 Å². The zero-order valence-electron chi connectivity index (χ0n) is 22.5. The van der Waals surface area contributed by atoms with Gasteiger partial charge in [-0.05, 0) is 55.7 Å². The first kappa shape index (κ1) is 25.9. The van der Waals surface area contributed by atoms with E-state index in [1.54, 1.807) is 7.11 Å². The number of anilines is 1. The summed E-state index contributed by atoms with van der Waals surface area (Å²) in [7, 11) is 1.66. The summed E-state index contributed by atoms with van der Waals surface area (Å²) in [6.45, 7) is 2.28. The number of hydrogen-bond donors (Lipinski definition) is 2. The fourth-order valence-corrected chi connectivity index (χ4v) is 5.98. The Hall–Kier alpha value is -4.37. The van der Waals surface area contributed by atoms with E-state index in [9.17, 15) is 14.4 Å². The molecule has 3 aromatic carbocycles. The number of benzene rings is 3. The number of nitrogens with one attached hydrogen (secondary N) is 2. The molecule has 40 heavy (non-hydrogen) atoms. The number of para-hydroxylation sites is 2. The maximum atomic E-state index is 13.5. The number of ether oxygens (including phenoxy) is 1. The number of nitrogens with zero attached hydrogens (tertiary/aromatic N) is 3. The van der Waals surface area contributed by atoms with Crippen molar-refractivity contribution < 1.29 is 14.3 Å². The fraction of sp³-hybridized carbons (Fsp3) is 0.323. The van der Waals surface area contributed by atoms with Gasteiger partial charge in [0.05, 0.1) is 11.0 Å². The van der Waals surface area contributed by atoms with Gasteiger partial charge in [0.2, 0.25) is 0 Å². The number of rotatable bonds is 8. The average Bonchev–Trinajstić information content (AvgIpc) is 3.46. The third-order valence-corrected chi connectivity index (χ3v) is 7.96. The number of hydrogen-bond acceptors (Lipinski definition) is 5. The number of aromatic amines is 1. The second kappa shape index (κ2) is 11.0. The Morgan fingerprint density at radius 2 is 1.77 bits per heavy atom. The summed E-state index contributed by atoms with van der Waals surface area (Å²) in [5.74, 6) is -0.0400. The van der Waals surface area contributed by atoms with E-state index >= 15 is 0 Å². The largest absolute Gasteiger partial charge is 0.385 e. The molecular weight excluding hydrogens is 506 g/mol. The predicted octanol–water partition coefficient (Wildman–Crippen LogP) is 4.41. The van der Waals surface area contributed by atoms with Crippen molar-refractivity contribution in [2.24, 2.45) is 0 Å². The van der Waals surface area contributed by atoms with E-state index in [1.807, 2.05) is 87.2 Å². The number of aromatic nitrogens is 2. The molecule has 9 heteroatoms. The zero-order valence-corrected chi connectivity index (χ0v) is 22.5. The van der Waals surface area contributed by atoms with E-state index in [-0.39, 0.29) is 29.7 Å². The zero-order chi connectivity index (χ0) is 27.6. The molecule has 1 unspecified atom stereocenters. The Morgan fingerprint density at radius 1 is 1.00 bits per heavy atom. The summed E-state index contributed by atoms with van der Waals surface area (Å²) >= 11 is 0. The van der Waals surface area contributed by atoms with Crippen LogP contribution in [-0.4, -0.2) is 64.5 Å². The molecule has 206 valence electrons.